The molecule has 0 atom stereocenters. The Kier molecular flexibility index (Phi) is 14.4. The average Bonchev–Trinajstić information content (AvgIpc) is 2.50. The van der Waals surface area contributed by atoms with Crippen molar-refractivity contribution in [2.75, 3.05) is 0 Å². The van der Waals surface area contributed by atoms with Gasteiger partial charge in [0.15, 0.2) is 12.4 Å². The molecule has 0 unspecified atom stereocenters. The summed E-state index contributed by atoms with van der Waals surface area (Å²) in [5.74, 6) is 0. The van der Waals surface area contributed by atoms with Gasteiger partial charge in [-0.2, -0.15) is 0 Å². The Morgan fingerprint density at radius 2 is 1.59 bits per heavy atom. The smallest absolute Gasteiger partial charge is 0.177 e. The summed E-state index contributed by atoms with van der Waals surface area (Å²) in [6.07, 6.45) is 19.2. The first kappa shape index (κ1) is 21.1. The number of unbranched alkanes of at least 4 members (excludes halogenated alkanes) is 9. The Bertz CT molecular complexity index is 396. The molecule has 1 rings (SSSR count). The molecule has 0 aromatic carbocycles. The Hall–Kier alpha value is -0.900. The lowest BCUT2D eigenvalue weighted by Crippen LogP contribution is -3.00. The third kappa shape index (κ3) is 10.8. The molecule has 1 aromatic heterocycles. The molecule has 0 bridgehead atoms. The van der Waals surface area contributed by atoms with Crippen LogP contribution in [0.4, 0.5) is 0 Å². The van der Waals surface area contributed by atoms with Gasteiger partial charge in [0.05, 0.1) is 11.8 Å². The number of hydrogen-bond donors (Lipinski definition) is 1. The lowest BCUT2D eigenvalue weighted by molar-refractivity contribution is -0.697. The van der Waals surface area contributed by atoms with Crippen LogP contribution in [0.15, 0.2) is 29.7 Å². The van der Waals surface area contributed by atoms with Gasteiger partial charge in [-0.05, 0) is 12.5 Å². The maximum Gasteiger partial charge on any atom is 0.177 e. The van der Waals surface area contributed by atoms with Gasteiger partial charge in [0, 0.05) is 12.5 Å². The van der Waals surface area contributed by atoms with Gasteiger partial charge in [0.2, 0.25) is 0 Å². The molecule has 0 amide bonds. The van der Waals surface area contributed by atoms with E-state index >= 15 is 0 Å². The van der Waals surface area contributed by atoms with Crippen LogP contribution < -0.4 is 21.5 Å². The van der Waals surface area contributed by atoms with Crippen molar-refractivity contribution in [2.24, 2.45) is 5.16 Å². The molecular formula is C18H31BrN2O. The molecule has 0 spiro atoms. The highest BCUT2D eigenvalue weighted by Gasteiger charge is 2.01. The fourth-order valence-electron chi connectivity index (χ4n) is 2.61. The zero-order chi connectivity index (χ0) is 15.2. The number of aromatic nitrogens is 1. The molecule has 0 aliphatic carbocycles. The lowest BCUT2D eigenvalue weighted by atomic mass is 10.1. The molecule has 126 valence electrons. The molecule has 0 aliphatic heterocycles. The number of aryl methyl sites for hydroxylation is 1. The van der Waals surface area contributed by atoms with Crippen molar-refractivity contribution < 1.29 is 26.8 Å². The van der Waals surface area contributed by atoms with E-state index in [-0.39, 0.29) is 17.0 Å². The summed E-state index contributed by atoms with van der Waals surface area (Å²) in [7, 11) is 0. The summed E-state index contributed by atoms with van der Waals surface area (Å²) in [6.45, 7) is 3.31. The first-order valence-corrected chi connectivity index (χ1v) is 8.53. The molecule has 0 saturated carbocycles. The van der Waals surface area contributed by atoms with Crippen LogP contribution in [0.1, 0.15) is 76.7 Å². The SMILES string of the molecule is CCCCCCCCCCCC[n+]1cccc(/C=N/O)c1.[Br-]. The Balaban J connectivity index is 0.00000441. The second-order valence-corrected chi connectivity index (χ2v) is 5.80. The zero-order valence-electron chi connectivity index (χ0n) is 13.9. The molecule has 0 fully saturated rings. The first-order valence-electron chi connectivity index (χ1n) is 8.53. The van der Waals surface area contributed by atoms with Gasteiger partial charge in [0.25, 0.3) is 0 Å². The predicted molar refractivity (Wildman–Crippen MR) is 87.9 cm³/mol. The van der Waals surface area contributed by atoms with E-state index in [1.165, 1.54) is 70.4 Å². The normalized spacial score (nSPS) is 10.8. The summed E-state index contributed by atoms with van der Waals surface area (Å²) in [6, 6.07) is 3.93. The molecule has 1 N–H and O–H groups in total. The summed E-state index contributed by atoms with van der Waals surface area (Å²) in [4.78, 5) is 0. The average molecular weight is 371 g/mol. The molecule has 4 heteroatoms. The van der Waals surface area contributed by atoms with Crippen molar-refractivity contribution in [3.63, 3.8) is 0 Å². The van der Waals surface area contributed by atoms with Crippen molar-refractivity contribution in [2.45, 2.75) is 77.7 Å². The van der Waals surface area contributed by atoms with Crippen LogP contribution in [-0.2, 0) is 6.54 Å². The van der Waals surface area contributed by atoms with Crippen molar-refractivity contribution in [3.8, 4) is 0 Å². The third-order valence-electron chi connectivity index (χ3n) is 3.86. The quantitative estimate of drug-likeness (QED) is 0.196. The number of rotatable bonds is 12. The van der Waals surface area contributed by atoms with Gasteiger partial charge in [-0.15, -0.1) is 0 Å². The lowest BCUT2D eigenvalue weighted by Gasteiger charge is -2.01. The highest BCUT2D eigenvalue weighted by molar-refractivity contribution is 5.77. The van der Waals surface area contributed by atoms with Gasteiger partial charge >= 0.3 is 0 Å². The van der Waals surface area contributed by atoms with Gasteiger partial charge in [-0.3, -0.25) is 0 Å². The van der Waals surface area contributed by atoms with Gasteiger partial charge in [0.1, 0.15) is 6.54 Å². The van der Waals surface area contributed by atoms with E-state index in [1.54, 1.807) is 0 Å². The first-order chi connectivity index (χ1) is 10.4. The monoisotopic (exact) mass is 370 g/mol. The van der Waals surface area contributed by atoms with Crippen molar-refractivity contribution in [1.29, 1.82) is 0 Å². The van der Waals surface area contributed by atoms with E-state index in [4.69, 9.17) is 5.21 Å². The van der Waals surface area contributed by atoms with Crippen LogP contribution in [0.25, 0.3) is 0 Å². The minimum absolute atomic E-state index is 0. The van der Waals surface area contributed by atoms with Crippen LogP contribution >= 0.6 is 0 Å². The second kappa shape index (κ2) is 15.0. The standard InChI is InChI=1S/C18H30N2O.BrH/c1-2-3-4-5-6-7-8-9-10-11-14-20-15-12-13-18(17-20)16-19-21;/h12-13,15-17H,2-11,14H2,1H3;1H/b19-16+;. The van der Waals surface area contributed by atoms with E-state index in [9.17, 15) is 0 Å². The molecule has 0 aliphatic rings. The summed E-state index contributed by atoms with van der Waals surface area (Å²) in [5.41, 5.74) is 0.937. The zero-order valence-corrected chi connectivity index (χ0v) is 15.5. The predicted octanol–water partition coefficient (Wildman–Crippen LogP) is 1.71. The third-order valence-corrected chi connectivity index (χ3v) is 3.86. The van der Waals surface area contributed by atoms with E-state index in [0.29, 0.717) is 0 Å². The number of halogens is 1. The van der Waals surface area contributed by atoms with Crippen molar-refractivity contribution in [1.82, 2.24) is 0 Å². The van der Waals surface area contributed by atoms with E-state index < -0.39 is 0 Å². The van der Waals surface area contributed by atoms with Crippen LogP contribution in [0.2, 0.25) is 0 Å². The van der Waals surface area contributed by atoms with Crippen LogP contribution in [0, 0.1) is 0 Å². The van der Waals surface area contributed by atoms with Crippen LogP contribution in [0.3, 0.4) is 0 Å². The van der Waals surface area contributed by atoms with Crippen LogP contribution in [0.5, 0.6) is 0 Å². The maximum atomic E-state index is 8.54. The minimum Gasteiger partial charge on any atom is -1.00 e. The Morgan fingerprint density at radius 3 is 2.18 bits per heavy atom. The maximum absolute atomic E-state index is 8.54. The van der Waals surface area contributed by atoms with Gasteiger partial charge in [-0.1, -0.05) is 63.4 Å². The molecule has 0 saturated heterocycles. The molecular weight excluding hydrogens is 340 g/mol. The Labute approximate surface area is 146 Å². The molecule has 3 nitrogen and oxygen atoms in total. The number of pyridine rings is 1. The summed E-state index contributed by atoms with van der Waals surface area (Å²) < 4.78 is 2.17. The number of oxime groups is 1. The molecule has 22 heavy (non-hydrogen) atoms. The molecule has 0 radical (unpaired) electrons. The molecule has 1 heterocycles. The summed E-state index contributed by atoms with van der Waals surface area (Å²) in [5, 5.41) is 11.6. The van der Waals surface area contributed by atoms with Gasteiger partial charge in [-0.25, -0.2) is 4.57 Å². The second-order valence-electron chi connectivity index (χ2n) is 5.80. The van der Waals surface area contributed by atoms with E-state index in [1.807, 2.05) is 18.3 Å². The topological polar surface area (TPSA) is 36.5 Å². The Morgan fingerprint density at radius 1 is 1.00 bits per heavy atom. The van der Waals surface area contributed by atoms with Crippen molar-refractivity contribution in [3.05, 3.63) is 30.1 Å². The van der Waals surface area contributed by atoms with E-state index in [2.05, 4.69) is 22.8 Å². The fraction of sp³-hybridized carbons (Fsp3) is 0.667. The highest BCUT2D eigenvalue weighted by atomic mass is 79.9. The number of nitrogens with zero attached hydrogens (tertiary/aromatic N) is 2. The minimum atomic E-state index is 0. The summed E-state index contributed by atoms with van der Waals surface area (Å²) >= 11 is 0. The van der Waals surface area contributed by atoms with Crippen LogP contribution in [-0.4, -0.2) is 11.4 Å². The largest absolute Gasteiger partial charge is 1.00 e. The molecule has 1 aromatic rings. The highest BCUT2D eigenvalue weighted by Crippen LogP contribution is 2.10. The van der Waals surface area contributed by atoms with Crippen molar-refractivity contribution >= 4 is 6.21 Å². The van der Waals surface area contributed by atoms with Gasteiger partial charge < -0.3 is 22.2 Å². The fourth-order valence-corrected chi connectivity index (χ4v) is 2.61. The number of hydrogen-bond acceptors (Lipinski definition) is 2. The van der Waals surface area contributed by atoms with E-state index in [0.717, 1.165) is 12.1 Å².